The zero-order chi connectivity index (χ0) is 19.3. The van der Waals surface area contributed by atoms with E-state index < -0.39 is 20.0 Å². The lowest BCUT2D eigenvalue weighted by Crippen LogP contribution is -2.32. The first kappa shape index (κ1) is 20.0. The minimum atomic E-state index is -3.53. The van der Waals surface area contributed by atoms with Crippen molar-refractivity contribution >= 4 is 20.0 Å². The van der Waals surface area contributed by atoms with E-state index in [4.69, 9.17) is 0 Å². The topological polar surface area (TPSA) is 92.3 Å². The fraction of sp³-hybridized carbons (Fsp3) is 0.368. The van der Waals surface area contributed by atoms with Gasteiger partial charge in [0, 0.05) is 12.6 Å². The van der Waals surface area contributed by atoms with Crippen LogP contribution < -0.4 is 9.44 Å². The van der Waals surface area contributed by atoms with Crippen LogP contribution >= 0.6 is 0 Å². The second-order valence-electron chi connectivity index (χ2n) is 6.71. The van der Waals surface area contributed by atoms with Gasteiger partial charge in [0.1, 0.15) is 0 Å². The van der Waals surface area contributed by atoms with Crippen molar-refractivity contribution in [3.05, 3.63) is 60.2 Å². The first-order valence-corrected chi connectivity index (χ1v) is 12.0. The summed E-state index contributed by atoms with van der Waals surface area (Å²) in [4.78, 5) is 0.465. The van der Waals surface area contributed by atoms with E-state index >= 15 is 0 Å². The Morgan fingerprint density at radius 2 is 1.37 bits per heavy atom. The summed E-state index contributed by atoms with van der Waals surface area (Å²) in [5.74, 6) is 0. The average molecular weight is 409 g/mol. The summed E-state index contributed by atoms with van der Waals surface area (Å²) in [6, 6.07) is 14.8. The van der Waals surface area contributed by atoms with Crippen LogP contribution in [0.3, 0.4) is 0 Å². The minimum Gasteiger partial charge on any atom is -0.211 e. The van der Waals surface area contributed by atoms with Gasteiger partial charge in [-0.2, -0.15) is 0 Å². The van der Waals surface area contributed by atoms with E-state index in [1.165, 1.54) is 0 Å². The second-order valence-corrected chi connectivity index (χ2v) is 10.2. The van der Waals surface area contributed by atoms with Gasteiger partial charge >= 0.3 is 0 Å². The van der Waals surface area contributed by atoms with Crippen molar-refractivity contribution in [2.45, 2.75) is 47.9 Å². The molecule has 1 aliphatic rings. The molecular formula is C19H24N2O4S2. The van der Waals surface area contributed by atoms with E-state index in [-0.39, 0.29) is 22.4 Å². The van der Waals surface area contributed by atoms with Crippen LogP contribution in [0.2, 0.25) is 0 Å². The quantitative estimate of drug-likeness (QED) is 0.702. The zero-order valence-electron chi connectivity index (χ0n) is 15.0. The average Bonchev–Trinajstić information content (AvgIpc) is 3.15. The molecule has 0 unspecified atom stereocenters. The molecule has 1 fully saturated rings. The van der Waals surface area contributed by atoms with E-state index in [1.54, 1.807) is 54.6 Å². The van der Waals surface area contributed by atoms with Crippen LogP contribution in [-0.2, 0) is 26.5 Å². The molecule has 0 heterocycles. The first-order chi connectivity index (χ1) is 12.9. The predicted molar refractivity (Wildman–Crippen MR) is 104 cm³/mol. The molecule has 0 aromatic heterocycles. The van der Waals surface area contributed by atoms with Gasteiger partial charge in [0.2, 0.25) is 20.0 Å². The zero-order valence-corrected chi connectivity index (χ0v) is 16.6. The van der Waals surface area contributed by atoms with Gasteiger partial charge in [-0.1, -0.05) is 43.2 Å². The third kappa shape index (κ3) is 5.38. The fourth-order valence-electron chi connectivity index (χ4n) is 3.18. The van der Waals surface area contributed by atoms with Crippen LogP contribution in [0, 0.1) is 0 Å². The molecule has 0 amide bonds. The van der Waals surface area contributed by atoms with Gasteiger partial charge in [-0.25, -0.2) is 26.3 Å². The van der Waals surface area contributed by atoms with Gasteiger partial charge in [-0.05, 0) is 49.1 Å². The van der Waals surface area contributed by atoms with Crippen LogP contribution in [0.1, 0.15) is 31.2 Å². The summed E-state index contributed by atoms with van der Waals surface area (Å²) in [6.45, 7) is 0.240. The lowest BCUT2D eigenvalue weighted by atomic mass is 10.2. The molecule has 0 spiro atoms. The third-order valence-corrected chi connectivity index (χ3v) is 7.68. The monoisotopic (exact) mass is 408 g/mol. The molecule has 1 aliphatic carbocycles. The lowest BCUT2D eigenvalue weighted by molar-refractivity contribution is 0.552. The Kier molecular flexibility index (Phi) is 6.31. The van der Waals surface area contributed by atoms with Crippen molar-refractivity contribution in [1.82, 2.24) is 9.44 Å². The number of rotatable bonds is 8. The predicted octanol–water partition coefficient (Wildman–Crippen LogP) is 2.43. The Balaban J connectivity index is 1.56. The molecule has 146 valence electrons. The Labute approximate surface area is 161 Å². The molecule has 2 aromatic rings. The van der Waals surface area contributed by atoms with Gasteiger partial charge in [-0.15, -0.1) is 0 Å². The molecule has 27 heavy (non-hydrogen) atoms. The van der Waals surface area contributed by atoms with Crippen LogP contribution in [0.25, 0.3) is 0 Å². The second kappa shape index (κ2) is 8.52. The maximum Gasteiger partial charge on any atom is 0.240 e. The minimum absolute atomic E-state index is 0.0297. The highest BCUT2D eigenvalue weighted by atomic mass is 32.2. The largest absolute Gasteiger partial charge is 0.240 e. The summed E-state index contributed by atoms with van der Waals surface area (Å²) < 4.78 is 54.5. The maximum atomic E-state index is 12.4. The van der Waals surface area contributed by atoms with Gasteiger partial charge < -0.3 is 0 Å². The van der Waals surface area contributed by atoms with Gasteiger partial charge in [0.15, 0.2) is 0 Å². The molecular weight excluding hydrogens is 384 g/mol. The van der Waals surface area contributed by atoms with Crippen molar-refractivity contribution in [2.24, 2.45) is 0 Å². The Bertz CT molecular complexity index is 951. The van der Waals surface area contributed by atoms with E-state index in [1.807, 2.05) is 0 Å². The summed E-state index contributed by atoms with van der Waals surface area (Å²) in [6.07, 6.45) is 4.37. The number of hydrogen-bond acceptors (Lipinski definition) is 4. The fourth-order valence-corrected chi connectivity index (χ4v) is 5.54. The number of hydrogen-bond donors (Lipinski definition) is 2. The molecule has 0 atom stereocenters. The molecule has 2 aromatic carbocycles. The van der Waals surface area contributed by atoms with Crippen molar-refractivity contribution in [3.8, 4) is 0 Å². The van der Waals surface area contributed by atoms with Crippen LogP contribution in [0.15, 0.2) is 64.4 Å². The van der Waals surface area contributed by atoms with Crippen LogP contribution in [0.4, 0.5) is 0 Å². The molecule has 2 N–H and O–H groups in total. The molecule has 0 saturated heterocycles. The smallest absolute Gasteiger partial charge is 0.211 e. The van der Waals surface area contributed by atoms with E-state index in [9.17, 15) is 16.8 Å². The first-order valence-electron chi connectivity index (χ1n) is 9.03. The lowest BCUT2D eigenvalue weighted by Gasteiger charge is -2.13. The molecule has 0 radical (unpaired) electrons. The Hall–Kier alpha value is -1.74. The highest BCUT2D eigenvalue weighted by Crippen LogP contribution is 2.20. The normalized spacial score (nSPS) is 15.9. The van der Waals surface area contributed by atoms with Gasteiger partial charge in [0.05, 0.1) is 9.79 Å². The van der Waals surface area contributed by atoms with E-state index in [0.29, 0.717) is 6.42 Å². The third-order valence-electron chi connectivity index (χ3n) is 4.67. The molecule has 6 nitrogen and oxygen atoms in total. The molecule has 0 aliphatic heterocycles. The van der Waals surface area contributed by atoms with E-state index in [0.717, 1.165) is 31.2 Å². The Morgan fingerprint density at radius 1 is 0.778 bits per heavy atom. The van der Waals surface area contributed by atoms with Crippen LogP contribution in [0.5, 0.6) is 0 Å². The summed E-state index contributed by atoms with van der Waals surface area (Å²) in [5, 5.41) is 0. The van der Waals surface area contributed by atoms with Crippen molar-refractivity contribution in [1.29, 1.82) is 0 Å². The molecule has 1 saturated carbocycles. The summed E-state index contributed by atoms with van der Waals surface area (Å²) in [5.41, 5.74) is 0.866. The highest BCUT2D eigenvalue weighted by molar-refractivity contribution is 7.89. The number of sulfonamides is 2. The number of benzene rings is 2. The number of nitrogens with one attached hydrogen (secondary N) is 2. The van der Waals surface area contributed by atoms with Crippen molar-refractivity contribution in [2.75, 3.05) is 6.54 Å². The standard InChI is InChI=1S/C19H24N2O4S2/c22-26(23,18-8-2-1-3-9-18)20-15-14-16-10-12-19(13-11-16)27(24,25)21-17-6-4-5-7-17/h1-3,8-13,17,20-21H,4-7,14-15H2. The molecule has 8 heteroatoms. The molecule has 3 rings (SSSR count). The van der Waals surface area contributed by atoms with Gasteiger partial charge in [0.25, 0.3) is 0 Å². The SMILES string of the molecule is O=S(=O)(NCCc1ccc(S(=O)(=O)NC2CCCC2)cc1)c1ccccc1. The Morgan fingerprint density at radius 3 is 2.00 bits per heavy atom. The highest BCUT2D eigenvalue weighted by Gasteiger charge is 2.22. The maximum absolute atomic E-state index is 12.4. The summed E-state index contributed by atoms with van der Waals surface area (Å²) in [7, 11) is -7.03. The van der Waals surface area contributed by atoms with Crippen LogP contribution in [-0.4, -0.2) is 29.4 Å². The van der Waals surface area contributed by atoms with Crippen molar-refractivity contribution in [3.63, 3.8) is 0 Å². The van der Waals surface area contributed by atoms with E-state index in [2.05, 4.69) is 9.44 Å². The van der Waals surface area contributed by atoms with Gasteiger partial charge in [-0.3, -0.25) is 0 Å². The summed E-state index contributed by atoms with van der Waals surface area (Å²) >= 11 is 0. The molecule has 0 bridgehead atoms. The van der Waals surface area contributed by atoms with Crippen molar-refractivity contribution < 1.29 is 16.8 Å².